The van der Waals surface area contributed by atoms with Crippen molar-refractivity contribution in [2.45, 2.75) is 39.7 Å². The highest BCUT2D eigenvalue weighted by molar-refractivity contribution is 7.71. The normalized spacial score (nSPS) is 11.1. The lowest BCUT2D eigenvalue weighted by Crippen LogP contribution is -2.25. The minimum absolute atomic E-state index is 0.293. The van der Waals surface area contributed by atoms with Gasteiger partial charge in [0.05, 0.1) is 5.56 Å². The van der Waals surface area contributed by atoms with Gasteiger partial charge in [-0.15, -0.1) is 0 Å². The van der Waals surface area contributed by atoms with Crippen LogP contribution in [0.5, 0.6) is 0 Å². The largest absolute Gasteiger partial charge is 0.460 e. The van der Waals surface area contributed by atoms with E-state index in [2.05, 4.69) is 4.98 Å². The van der Waals surface area contributed by atoms with E-state index in [1.54, 1.807) is 33.0 Å². The molecule has 0 bridgehead atoms. The molecule has 1 aromatic rings. The summed E-state index contributed by atoms with van der Waals surface area (Å²) >= 11 is 5.02. The van der Waals surface area contributed by atoms with Crippen molar-refractivity contribution < 1.29 is 14.3 Å². The van der Waals surface area contributed by atoms with E-state index < -0.39 is 11.6 Å². The predicted octanol–water partition coefficient (Wildman–Crippen LogP) is 2.97. The van der Waals surface area contributed by atoms with Gasteiger partial charge < -0.3 is 9.72 Å². The lowest BCUT2D eigenvalue weighted by molar-refractivity contribution is -0.153. The number of aromatic nitrogens is 1. The van der Waals surface area contributed by atoms with Gasteiger partial charge in [0.25, 0.3) is 0 Å². The van der Waals surface area contributed by atoms with Gasteiger partial charge in [-0.3, -0.25) is 9.59 Å². The number of carbonyl (C=O) groups excluding carboxylic acids is 2. The summed E-state index contributed by atoms with van der Waals surface area (Å²) in [6.07, 6.45) is 1.42. The highest BCUT2D eigenvalue weighted by atomic mass is 32.1. The first kappa shape index (κ1) is 14.6. The second kappa shape index (κ2) is 5.44. The summed E-state index contributed by atoms with van der Waals surface area (Å²) in [5.74, 6) is -0.863. The molecule has 0 saturated heterocycles. The average molecular weight is 267 g/mol. The minimum atomic E-state index is -0.590. The third kappa shape index (κ3) is 4.41. The van der Waals surface area contributed by atoms with Crippen molar-refractivity contribution in [3.63, 3.8) is 0 Å². The summed E-state index contributed by atoms with van der Waals surface area (Å²) in [5.41, 5.74) is 0.652. The quantitative estimate of drug-likeness (QED) is 0.396. The number of H-pyrrole nitrogens is 1. The standard InChI is InChI=1S/C13H17NO3S/c1-8-5-9(12(18)14-7-8)10(15)6-11(16)17-13(2,3)4/h5,7H,6H2,1-4H3,(H,14,18). The maximum atomic E-state index is 11.9. The summed E-state index contributed by atoms with van der Waals surface area (Å²) in [5, 5.41) is 0. The summed E-state index contributed by atoms with van der Waals surface area (Å²) < 4.78 is 5.44. The second-order valence-electron chi connectivity index (χ2n) is 5.11. The van der Waals surface area contributed by atoms with Crippen molar-refractivity contribution in [1.29, 1.82) is 0 Å². The highest BCUT2D eigenvalue weighted by Gasteiger charge is 2.20. The van der Waals surface area contributed by atoms with Crippen LogP contribution in [0.3, 0.4) is 0 Å². The molecule has 0 aliphatic rings. The lowest BCUT2D eigenvalue weighted by Gasteiger charge is -2.19. The van der Waals surface area contributed by atoms with Gasteiger partial charge in [0.15, 0.2) is 5.78 Å². The SMILES string of the molecule is Cc1c[nH]c(=S)c(C(=O)CC(=O)OC(C)(C)C)c1. The number of hydrogen-bond acceptors (Lipinski definition) is 4. The van der Waals surface area contributed by atoms with Crippen LogP contribution < -0.4 is 0 Å². The maximum absolute atomic E-state index is 11.9. The van der Waals surface area contributed by atoms with Gasteiger partial charge >= 0.3 is 5.97 Å². The van der Waals surface area contributed by atoms with E-state index in [9.17, 15) is 9.59 Å². The van der Waals surface area contributed by atoms with E-state index in [0.717, 1.165) is 5.56 Å². The van der Waals surface area contributed by atoms with Crippen molar-refractivity contribution in [3.8, 4) is 0 Å². The second-order valence-corrected chi connectivity index (χ2v) is 5.51. The number of ketones is 1. The van der Waals surface area contributed by atoms with Gasteiger partial charge in [-0.1, -0.05) is 12.2 Å². The van der Waals surface area contributed by atoms with Crippen LogP contribution in [0.4, 0.5) is 0 Å². The molecular weight excluding hydrogens is 250 g/mol. The Bertz CT molecular complexity index is 526. The number of hydrogen-bond donors (Lipinski definition) is 1. The molecule has 1 heterocycles. The van der Waals surface area contributed by atoms with E-state index >= 15 is 0 Å². The molecule has 0 unspecified atom stereocenters. The fourth-order valence-corrected chi connectivity index (χ4v) is 1.63. The number of Topliss-reactive ketones (excluding diaryl/α,β-unsaturated/α-hetero) is 1. The Balaban J connectivity index is 2.80. The fourth-order valence-electron chi connectivity index (χ4n) is 1.40. The van der Waals surface area contributed by atoms with Gasteiger partial charge in [0, 0.05) is 6.20 Å². The number of carbonyl (C=O) groups is 2. The number of nitrogens with one attached hydrogen (secondary N) is 1. The van der Waals surface area contributed by atoms with Crippen molar-refractivity contribution in [2.75, 3.05) is 0 Å². The first-order valence-corrected chi connectivity index (χ1v) is 6.04. The monoisotopic (exact) mass is 267 g/mol. The van der Waals surface area contributed by atoms with Gasteiger partial charge in [-0.25, -0.2) is 0 Å². The van der Waals surface area contributed by atoms with E-state index in [1.807, 2.05) is 6.92 Å². The fraction of sp³-hybridized carbons (Fsp3) is 0.462. The molecule has 0 aliphatic heterocycles. The Hall–Kier alpha value is -1.49. The summed E-state index contributed by atoms with van der Waals surface area (Å²) in [4.78, 5) is 26.3. The Morgan fingerprint density at radius 1 is 1.39 bits per heavy atom. The topological polar surface area (TPSA) is 59.2 Å². The first-order chi connectivity index (χ1) is 8.19. The molecule has 18 heavy (non-hydrogen) atoms. The molecule has 0 fully saturated rings. The van der Waals surface area contributed by atoms with E-state index in [1.165, 1.54) is 0 Å². The lowest BCUT2D eigenvalue weighted by atomic mass is 10.1. The highest BCUT2D eigenvalue weighted by Crippen LogP contribution is 2.12. The number of rotatable bonds is 3. The van der Waals surface area contributed by atoms with Gasteiger partial charge in [-0.2, -0.15) is 0 Å². The predicted molar refractivity (Wildman–Crippen MR) is 71.2 cm³/mol. The van der Waals surface area contributed by atoms with Crippen LogP contribution in [0.2, 0.25) is 0 Å². The molecular formula is C13H17NO3S. The maximum Gasteiger partial charge on any atom is 0.314 e. The molecule has 0 atom stereocenters. The van der Waals surface area contributed by atoms with Crippen LogP contribution >= 0.6 is 12.2 Å². The van der Waals surface area contributed by atoms with Crippen molar-refractivity contribution in [3.05, 3.63) is 28.0 Å². The van der Waals surface area contributed by atoms with Crippen LogP contribution in [0, 0.1) is 11.6 Å². The molecule has 1 aromatic heterocycles. The summed E-state index contributed by atoms with van der Waals surface area (Å²) in [6, 6.07) is 1.67. The molecule has 0 radical (unpaired) electrons. The van der Waals surface area contributed by atoms with Gasteiger partial charge in [0.2, 0.25) is 0 Å². The van der Waals surface area contributed by atoms with Crippen LogP contribution in [0.15, 0.2) is 12.3 Å². The minimum Gasteiger partial charge on any atom is -0.460 e. The zero-order chi connectivity index (χ0) is 13.9. The average Bonchev–Trinajstić information content (AvgIpc) is 2.18. The molecule has 0 aliphatic carbocycles. The Labute approximate surface area is 111 Å². The van der Waals surface area contributed by atoms with Crippen molar-refractivity contribution in [1.82, 2.24) is 4.98 Å². The number of aromatic amines is 1. The van der Waals surface area contributed by atoms with Gasteiger partial charge in [-0.05, 0) is 39.3 Å². The molecule has 1 rings (SSSR count). The van der Waals surface area contributed by atoms with Crippen LogP contribution in [0.25, 0.3) is 0 Å². The van der Waals surface area contributed by atoms with E-state index in [-0.39, 0.29) is 12.2 Å². The van der Waals surface area contributed by atoms with Gasteiger partial charge in [0.1, 0.15) is 16.7 Å². The number of esters is 1. The third-order valence-electron chi connectivity index (χ3n) is 2.07. The molecule has 98 valence electrons. The number of pyridine rings is 1. The van der Waals surface area contributed by atoms with E-state index in [0.29, 0.717) is 10.2 Å². The van der Waals surface area contributed by atoms with Crippen molar-refractivity contribution in [2.24, 2.45) is 0 Å². The summed E-state index contributed by atoms with van der Waals surface area (Å²) in [7, 11) is 0. The Morgan fingerprint density at radius 3 is 2.56 bits per heavy atom. The van der Waals surface area contributed by atoms with Crippen LogP contribution in [0.1, 0.15) is 43.1 Å². The Kier molecular flexibility index (Phi) is 4.40. The molecule has 0 aromatic carbocycles. The zero-order valence-corrected chi connectivity index (χ0v) is 11.8. The third-order valence-corrected chi connectivity index (χ3v) is 2.41. The molecule has 1 N–H and O–H groups in total. The smallest absolute Gasteiger partial charge is 0.314 e. The summed E-state index contributed by atoms with van der Waals surface area (Å²) in [6.45, 7) is 7.12. The number of aryl methyl sites for hydroxylation is 1. The zero-order valence-electron chi connectivity index (χ0n) is 11.0. The Morgan fingerprint density at radius 2 is 2.00 bits per heavy atom. The molecule has 4 nitrogen and oxygen atoms in total. The van der Waals surface area contributed by atoms with Crippen LogP contribution in [-0.2, 0) is 9.53 Å². The number of ether oxygens (including phenoxy) is 1. The van der Waals surface area contributed by atoms with Crippen LogP contribution in [-0.4, -0.2) is 22.3 Å². The molecule has 5 heteroatoms. The first-order valence-electron chi connectivity index (χ1n) is 5.63. The molecule has 0 amide bonds. The molecule has 0 saturated carbocycles. The molecule has 0 spiro atoms. The van der Waals surface area contributed by atoms with Crippen molar-refractivity contribution >= 4 is 24.0 Å². The van der Waals surface area contributed by atoms with E-state index in [4.69, 9.17) is 17.0 Å².